The van der Waals surface area contributed by atoms with Gasteiger partial charge >= 0.3 is 0 Å². The quantitative estimate of drug-likeness (QED) is 0.610. The Labute approximate surface area is 81.6 Å². The van der Waals surface area contributed by atoms with E-state index in [4.69, 9.17) is 0 Å². The predicted octanol–water partition coefficient (Wildman–Crippen LogP) is 2.73. The molecule has 74 valence electrons. The third kappa shape index (κ3) is 2.57. The first-order valence-corrected chi connectivity index (χ1v) is 5.75. The van der Waals surface area contributed by atoms with Crippen LogP contribution in [0.3, 0.4) is 0 Å². The number of nitrogens with one attached hydrogen (secondary N) is 1. The molecule has 1 saturated heterocycles. The second-order valence-electron chi connectivity index (χ2n) is 4.78. The summed E-state index contributed by atoms with van der Waals surface area (Å²) in [4.78, 5) is 0. The molecule has 0 bridgehead atoms. The molecule has 1 aliphatic carbocycles. The normalized spacial score (nSPS) is 38.4. The molecule has 0 aromatic heterocycles. The summed E-state index contributed by atoms with van der Waals surface area (Å²) in [6.45, 7) is 4.76. The van der Waals surface area contributed by atoms with E-state index in [2.05, 4.69) is 18.3 Å². The van der Waals surface area contributed by atoms with Crippen LogP contribution < -0.4 is 5.32 Å². The molecule has 0 aromatic carbocycles. The largest absolute Gasteiger partial charge is 0.313 e. The van der Waals surface area contributed by atoms with Gasteiger partial charge in [0, 0.05) is 6.54 Å². The van der Waals surface area contributed by atoms with Gasteiger partial charge in [-0.2, -0.15) is 0 Å². The Balaban J connectivity index is 1.88. The van der Waals surface area contributed by atoms with Crippen LogP contribution in [0.4, 0.5) is 0 Å². The monoisotopic (exact) mass is 179 g/mol. The molecular formula is C12H21N. The highest BCUT2D eigenvalue weighted by Crippen LogP contribution is 2.30. The van der Waals surface area contributed by atoms with Crippen LogP contribution in [0.2, 0.25) is 0 Å². The van der Waals surface area contributed by atoms with E-state index in [0.717, 1.165) is 18.4 Å². The molecule has 1 saturated carbocycles. The molecule has 2 aliphatic rings. The summed E-state index contributed by atoms with van der Waals surface area (Å²) in [7, 11) is 0. The molecule has 1 N–H and O–H groups in total. The van der Waals surface area contributed by atoms with Crippen LogP contribution in [0.1, 0.15) is 39.0 Å². The molecule has 2 atom stereocenters. The maximum absolute atomic E-state index is 3.40. The van der Waals surface area contributed by atoms with E-state index < -0.39 is 0 Å². The molecule has 1 nitrogen and oxygen atoms in total. The van der Waals surface area contributed by atoms with E-state index in [0.29, 0.717) is 0 Å². The van der Waals surface area contributed by atoms with Crippen LogP contribution in [-0.2, 0) is 0 Å². The van der Waals surface area contributed by atoms with Gasteiger partial charge in [-0.15, -0.1) is 0 Å². The van der Waals surface area contributed by atoms with Crippen molar-refractivity contribution in [2.75, 3.05) is 13.1 Å². The lowest BCUT2D eigenvalue weighted by Crippen LogP contribution is -2.12. The van der Waals surface area contributed by atoms with E-state index in [-0.39, 0.29) is 0 Å². The molecule has 1 heteroatoms. The first-order chi connectivity index (χ1) is 6.34. The number of hydrogen-bond donors (Lipinski definition) is 1. The number of hydrogen-bond acceptors (Lipinski definition) is 1. The molecule has 0 amide bonds. The zero-order chi connectivity index (χ0) is 9.10. The van der Waals surface area contributed by atoms with Gasteiger partial charge in [0.1, 0.15) is 0 Å². The van der Waals surface area contributed by atoms with E-state index in [1.165, 1.54) is 38.6 Å². The van der Waals surface area contributed by atoms with E-state index in [1.54, 1.807) is 5.57 Å². The second-order valence-corrected chi connectivity index (χ2v) is 4.78. The van der Waals surface area contributed by atoms with E-state index >= 15 is 0 Å². The average Bonchev–Trinajstić information content (AvgIpc) is 2.57. The summed E-state index contributed by atoms with van der Waals surface area (Å²) in [5.74, 6) is 1.86. The second kappa shape index (κ2) is 4.28. The van der Waals surface area contributed by atoms with Crippen LogP contribution in [0.15, 0.2) is 11.6 Å². The van der Waals surface area contributed by atoms with Gasteiger partial charge < -0.3 is 5.32 Å². The minimum Gasteiger partial charge on any atom is -0.313 e. The topological polar surface area (TPSA) is 12.0 Å². The molecule has 0 radical (unpaired) electrons. The van der Waals surface area contributed by atoms with Crippen LogP contribution in [0.25, 0.3) is 0 Å². The van der Waals surface area contributed by atoms with Crippen molar-refractivity contribution in [3.8, 4) is 0 Å². The van der Waals surface area contributed by atoms with Crippen molar-refractivity contribution in [2.24, 2.45) is 11.8 Å². The van der Waals surface area contributed by atoms with Gasteiger partial charge in [-0.25, -0.2) is 0 Å². The molecular weight excluding hydrogens is 158 g/mol. The molecule has 13 heavy (non-hydrogen) atoms. The van der Waals surface area contributed by atoms with Gasteiger partial charge in [0.25, 0.3) is 0 Å². The molecule has 0 spiro atoms. The summed E-state index contributed by atoms with van der Waals surface area (Å²) < 4.78 is 0. The van der Waals surface area contributed by atoms with Crippen molar-refractivity contribution < 1.29 is 0 Å². The summed E-state index contributed by atoms with van der Waals surface area (Å²) in [5.41, 5.74) is 1.67. The van der Waals surface area contributed by atoms with Crippen molar-refractivity contribution in [3.63, 3.8) is 0 Å². The van der Waals surface area contributed by atoms with Crippen molar-refractivity contribution in [2.45, 2.75) is 39.0 Å². The van der Waals surface area contributed by atoms with Crippen LogP contribution in [0.5, 0.6) is 0 Å². The van der Waals surface area contributed by atoms with Crippen LogP contribution in [0, 0.1) is 11.8 Å². The van der Waals surface area contributed by atoms with Gasteiger partial charge in [0.15, 0.2) is 0 Å². The highest BCUT2D eigenvalue weighted by molar-refractivity contribution is 5.11. The molecule has 1 heterocycles. The third-order valence-corrected chi connectivity index (χ3v) is 3.42. The predicted molar refractivity (Wildman–Crippen MR) is 56.7 cm³/mol. The molecule has 0 aromatic rings. The minimum atomic E-state index is 0.902. The lowest BCUT2D eigenvalue weighted by Gasteiger charge is -2.24. The van der Waals surface area contributed by atoms with Crippen molar-refractivity contribution in [1.82, 2.24) is 5.32 Å². The highest BCUT2D eigenvalue weighted by atomic mass is 14.9. The first kappa shape index (κ1) is 9.26. The van der Waals surface area contributed by atoms with Crippen LogP contribution in [-0.4, -0.2) is 13.1 Å². The Morgan fingerprint density at radius 2 is 2.31 bits per heavy atom. The SMILES string of the molecule is CC1CCCC(/C=C2/CCNC2)C1. The van der Waals surface area contributed by atoms with Gasteiger partial charge in [0.2, 0.25) is 0 Å². The first-order valence-electron chi connectivity index (χ1n) is 5.75. The van der Waals surface area contributed by atoms with Gasteiger partial charge in [-0.3, -0.25) is 0 Å². The summed E-state index contributed by atoms with van der Waals surface area (Å²) >= 11 is 0. The average molecular weight is 179 g/mol. The lowest BCUT2D eigenvalue weighted by molar-refractivity contribution is 0.324. The maximum Gasteiger partial charge on any atom is 0.0165 e. The Morgan fingerprint density at radius 3 is 3.00 bits per heavy atom. The molecule has 2 unspecified atom stereocenters. The molecule has 1 aliphatic heterocycles. The molecule has 2 rings (SSSR count). The van der Waals surface area contributed by atoms with E-state index in [9.17, 15) is 0 Å². The zero-order valence-corrected chi connectivity index (χ0v) is 8.68. The summed E-state index contributed by atoms with van der Waals surface area (Å²) in [5, 5.41) is 3.40. The number of rotatable bonds is 1. The van der Waals surface area contributed by atoms with Gasteiger partial charge in [0.05, 0.1) is 0 Å². The minimum absolute atomic E-state index is 0.902. The van der Waals surface area contributed by atoms with Crippen molar-refractivity contribution in [1.29, 1.82) is 0 Å². The fourth-order valence-corrected chi connectivity index (χ4v) is 2.69. The Kier molecular flexibility index (Phi) is 3.05. The van der Waals surface area contributed by atoms with Crippen molar-refractivity contribution >= 4 is 0 Å². The zero-order valence-electron chi connectivity index (χ0n) is 8.68. The lowest BCUT2D eigenvalue weighted by atomic mass is 9.81. The standard InChI is InChI=1S/C12H21N/c1-10-3-2-4-11(7-10)8-12-5-6-13-9-12/h8,10-11,13H,2-7,9H2,1H3/b12-8-. The third-order valence-electron chi connectivity index (χ3n) is 3.42. The highest BCUT2D eigenvalue weighted by Gasteiger charge is 2.18. The van der Waals surface area contributed by atoms with E-state index in [1.807, 2.05) is 0 Å². The Hall–Kier alpha value is -0.300. The maximum atomic E-state index is 3.40. The van der Waals surface area contributed by atoms with Gasteiger partial charge in [-0.1, -0.05) is 31.4 Å². The summed E-state index contributed by atoms with van der Waals surface area (Å²) in [6, 6.07) is 0. The van der Waals surface area contributed by atoms with Gasteiger partial charge in [-0.05, 0) is 37.6 Å². The smallest absolute Gasteiger partial charge is 0.0165 e. The van der Waals surface area contributed by atoms with Crippen LogP contribution >= 0.6 is 0 Å². The summed E-state index contributed by atoms with van der Waals surface area (Å²) in [6.07, 6.45) is 9.64. The fraction of sp³-hybridized carbons (Fsp3) is 0.833. The number of allylic oxidation sites excluding steroid dienone is 1. The Morgan fingerprint density at radius 1 is 1.38 bits per heavy atom. The molecule has 2 fully saturated rings. The Bertz CT molecular complexity index is 187. The van der Waals surface area contributed by atoms with Crippen molar-refractivity contribution in [3.05, 3.63) is 11.6 Å². The fourth-order valence-electron chi connectivity index (χ4n) is 2.69.